The summed E-state index contributed by atoms with van der Waals surface area (Å²) in [6, 6.07) is 0. The largest absolute Gasteiger partial charge is 0.459 e. The van der Waals surface area contributed by atoms with E-state index in [0.29, 0.717) is 0 Å². The number of esters is 4. The van der Waals surface area contributed by atoms with Crippen molar-refractivity contribution in [2.45, 2.75) is 76.4 Å². The summed E-state index contributed by atoms with van der Waals surface area (Å²) in [5.74, 6) is -7.61. The Morgan fingerprint density at radius 3 is 2.19 bits per heavy atom. The van der Waals surface area contributed by atoms with Gasteiger partial charge in [-0.05, 0) is 19.4 Å². The van der Waals surface area contributed by atoms with Gasteiger partial charge in [0.25, 0.3) is 0 Å². The first kappa shape index (κ1) is 27.3. The fourth-order valence-corrected chi connectivity index (χ4v) is 7.49. The third kappa shape index (κ3) is 3.59. The molecule has 1 heterocycles. The van der Waals surface area contributed by atoms with E-state index in [1.807, 2.05) is 0 Å². The van der Waals surface area contributed by atoms with Gasteiger partial charge in [0, 0.05) is 38.0 Å². The molecule has 0 aromatic rings. The quantitative estimate of drug-likeness (QED) is 0.244. The first-order valence-corrected chi connectivity index (χ1v) is 12.5. The molecule has 2 saturated carbocycles. The van der Waals surface area contributed by atoms with Gasteiger partial charge in [-0.1, -0.05) is 25.7 Å². The van der Waals surface area contributed by atoms with Crippen LogP contribution in [0.4, 0.5) is 0 Å². The minimum Gasteiger partial charge on any atom is -0.459 e. The number of allylic oxidation sites excluding steroid dienone is 1. The van der Waals surface area contributed by atoms with Crippen molar-refractivity contribution in [3.63, 3.8) is 0 Å². The predicted molar refractivity (Wildman–Crippen MR) is 127 cm³/mol. The van der Waals surface area contributed by atoms with Crippen molar-refractivity contribution in [2.24, 2.45) is 29.1 Å². The summed E-state index contributed by atoms with van der Waals surface area (Å²) in [5.41, 5.74) is -5.26. The van der Waals surface area contributed by atoms with E-state index in [0.717, 1.165) is 13.8 Å². The fourth-order valence-electron chi connectivity index (χ4n) is 7.11. The molecule has 1 saturated heterocycles. The molecular weight excluding hydrogens is 508 g/mol. The first-order chi connectivity index (χ1) is 17.0. The average Bonchev–Trinajstić information content (AvgIpc) is 3.29. The molecule has 0 spiro atoms. The molecule has 0 aromatic heterocycles. The van der Waals surface area contributed by atoms with E-state index in [1.54, 1.807) is 19.1 Å². The van der Waals surface area contributed by atoms with E-state index in [2.05, 4.69) is 6.58 Å². The van der Waals surface area contributed by atoms with Crippen molar-refractivity contribution in [3.8, 4) is 0 Å². The SMILES string of the molecule is C=C1C(Cl)C2OC(=O)C(C)C2(O)C(OC(C)=O)C2C(C)(OC(C)=O)C(=O)C3C=CC(C1OC(C)=O)C32C. The minimum absolute atomic E-state index is 0.134. The van der Waals surface area contributed by atoms with Crippen LogP contribution in [0.5, 0.6) is 0 Å². The van der Waals surface area contributed by atoms with E-state index in [9.17, 15) is 29.1 Å². The van der Waals surface area contributed by atoms with E-state index in [1.165, 1.54) is 20.8 Å². The van der Waals surface area contributed by atoms with Crippen LogP contribution >= 0.6 is 11.6 Å². The maximum atomic E-state index is 13.9. The molecule has 0 radical (unpaired) electrons. The van der Waals surface area contributed by atoms with Crippen LogP contribution in [0.15, 0.2) is 24.3 Å². The highest BCUT2D eigenvalue weighted by atomic mass is 35.5. The summed E-state index contributed by atoms with van der Waals surface area (Å²) in [6.45, 7) is 12.0. The molecule has 0 bridgehead atoms. The Morgan fingerprint density at radius 1 is 1.05 bits per heavy atom. The number of ether oxygens (including phenoxy) is 4. The molecule has 11 atom stereocenters. The van der Waals surface area contributed by atoms with Crippen molar-refractivity contribution in [3.05, 3.63) is 24.3 Å². The molecule has 3 aliphatic carbocycles. The van der Waals surface area contributed by atoms with Crippen molar-refractivity contribution in [2.75, 3.05) is 0 Å². The standard InChI is InChI=1S/C26H31ClO10/c1-10-17(27)21-26(33,11(2)23(32)36-21)22(35-13(4)29)19-24(6)15(18(10)34-12(3)28)8-9-16(24)20(31)25(19,7)37-14(5)30/h8-9,11,15-19,21-22,33H,1H2,2-7H3. The molecule has 11 heteroatoms. The second-order valence-corrected chi connectivity index (χ2v) is 11.3. The van der Waals surface area contributed by atoms with Crippen LogP contribution in [0.25, 0.3) is 0 Å². The number of carbonyl (C=O) groups is 5. The highest BCUT2D eigenvalue weighted by Gasteiger charge is 2.78. The van der Waals surface area contributed by atoms with Crippen LogP contribution in [0.1, 0.15) is 41.5 Å². The molecule has 0 amide bonds. The summed E-state index contributed by atoms with van der Waals surface area (Å²) >= 11 is 6.79. The number of alkyl halides is 1. The lowest BCUT2D eigenvalue weighted by Crippen LogP contribution is -2.65. The summed E-state index contributed by atoms with van der Waals surface area (Å²) < 4.78 is 22.6. The van der Waals surface area contributed by atoms with Crippen LogP contribution in [-0.4, -0.2) is 69.7 Å². The normalized spacial score (nSPS) is 46.2. The molecule has 1 aliphatic heterocycles. The number of fused-ring (bicyclic) bond motifs is 1. The summed E-state index contributed by atoms with van der Waals surface area (Å²) in [6.07, 6.45) is -0.844. The Morgan fingerprint density at radius 2 is 1.65 bits per heavy atom. The molecule has 4 aliphatic rings. The van der Waals surface area contributed by atoms with Gasteiger partial charge in [0.2, 0.25) is 0 Å². The van der Waals surface area contributed by atoms with Crippen molar-refractivity contribution < 1.29 is 48.0 Å². The van der Waals surface area contributed by atoms with Crippen LogP contribution in [-0.2, 0) is 42.9 Å². The second-order valence-electron chi connectivity index (χ2n) is 10.8. The van der Waals surface area contributed by atoms with Gasteiger partial charge in [-0.3, -0.25) is 24.0 Å². The van der Waals surface area contributed by atoms with E-state index < -0.39 is 93.6 Å². The monoisotopic (exact) mass is 538 g/mol. The predicted octanol–water partition coefficient (Wildman–Crippen LogP) is 1.65. The van der Waals surface area contributed by atoms with Gasteiger partial charge in [-0.2, -0.15) is 0 Å². The van der Waals surface area contributed by atoms with Gasteiger partial charge in [0.15, 0.2) is 23.1 Å². The van der Waals surface area contributed by atoms with Gasteiger partial charge in [0.05, 0.1) is 17.2 Å². The molecule has 37 heavy (non-hydrogen) atoms. The van der Waals surface area contributed by atoms with Gasteiger partial charge in [0.1, 0.15) is 12.2 Å². The number of rotatable bonds is 3. The topological polar surface area (TPSA) is 143 Å². The summed E-state index contributed by atoms with van der Waals surface area (Å²) in [5, 5.41) is 11.1. The number of hydrogen-bond donors (Lipinski definition) is 1. The number of halogens is 1. The lowest BCUT2D eigenvalue weighted by atomic mass is 9.60. The highest BCUT2D eigenvalue weighted by Crippen LogP contribution is 2.66. The molecule has 0 aromatic carbocycles. The van der Waals surface area contributed by atoms with Gasteiger partial charge >= 0.3 is 23.9 Å². The van der Waals surface area contributed by atoms with E-state index in [-0.39, 0.29) is 5.57 Å². The Hall–Kier alpha value is -2.72. The zero-order valence-corrected chi connectivity index (χ0v) is 22.2. The molecular formula is C26H31ClO10. The Balaban J connectivity index is 2.09. The molecule has 4 rings (SSSR count). The Kier molecular flexibility index (Phi) is 6.39. The highest BCUT2D eigenvalue weighted by molar-refractivity contribution is 6.23. The smallest absolute Gasteiger partial charge is 0.312 e. The van der Waals surface area contributed by atoms with Gasteiger partial charge in [-0.25, -0.2) is 0 Å². The van der Waals surface area contributed by atoms with Crippen LogP contribution in [0.2, 0.25) is 0 Å². The lowest BCUT2D eigenvalue weighted by Gasteiger charge is -2.49. The Bertz CT molecular complexity index is 1130. The molecule has 11 unspecified atom stereocenters. The van der Waals surface area contributed by atoms with Crippen molar-refractivity contribution in [1.29, 1.82) is 0 Å². The van der Waals surface area contributed by atoms with Crippen molar-refractivity contribution >= 4 is 41.3 Å². The molecule has 202 valence electrons. The zero-order chi connectivity index (χ0) is 27.8. The third-order valence-electron chi connectivity index (χ3n) is 8.69. The summed E-state index contributed by atoms with van der Waals surface area (Å²) in [7, 11) is 0. The Labute approximate surface area is 219 Å². The molecule has 1 N–H and O–H groups in total. The minimum atomic E-state index is -2.26. The van der Waals surface area contributed by atoms with E-state index >= 15 is 0 Å². The van der Waals surface area contributed by atoms with Gasteiger partial charge in [-0.15, -0.1) is 11.6 Å². The van der Waals surface area contributed by atoms with Crippen LogP contribution < -0.4 is 0 Å². The third-order valence-corrected chi connectivity index (χ3v) is 9.20. The zero-order valence-electron chi connectivity index (χ0n) is 21.5. The van der Waals surface area contributed by atoms with Crippen LogP contribution in [0.3, 0.4) is 0 Å². The first-order valence-electron chi connectivity index (χ1n) is 12.0. The van der Waals surface area contributed by atoms with Crippen LogP contribution in [0, 0.1) is 29.1 Å². The lowest BCUT2D eigenvalue weighted by molar-refractivity contribution is -0.218. The average molecular weight is 539 g/mol. The maximum absolute atomic E-state index is 13.9. The van der Waals surface area contributed by atoms with Gasteiger partial charge < -0.3 is 24.1 Å². The van der Waals surface area contributed by atoms with E-state index in [4.69, 9.17) is 30.5 Å². The van der Waals surface area contributed by atoms with Crippen molar-refractivity contribution in [1.82, 2.24) is 0 Å². The molecule has 10 nitrogen and oxygen atoms in total. The fraction of sp³-hybridized carbons (Fsp3) is 0.654. The number of carbonyl (C=O) groups excluding carboxylic acids is 5. The molecule has 3 fully saturated rings. The number of hydrogen-bond acceptors (Lipinski definition) is 10. The number of Topliss-reactive ketones (excluding diaryl/α,β-unsaturated/α-hetero) is 1. The number of aliphatic hydroxyl groups is 1. The number of ketones is 1. The maximum Gasteiger partial charge on any atom is 0.312 e. The summed E-state index contributed by atoms with van der Waals surface area (Å²) in [4.78, 5) is 63.7. The second kappa shape index (κ2) is 8.66.